The molecule has 92 valence electrons. The van der Waals surface area contributed by atoms with E-state index in [4.69, 9.17) is 5.73 Å². The standard InChI is InChI=1S/C16H23N/c1-3-5-15-9-12(6-7-14(15)4-2)8-13-10-16(17)11-13/h3,5-7,9,13,16H,4,8,10-11,17H2,1-2H3/b5-3+. The fourth-order valence-corrected chi connectivity index (χ4v) is 2.72. The van der Waals surface area contributed by atoms with E-state index in [2.05, 4.69) is 44.2 Å². The molecule has 17 heavy (non-hydrogen) atoms. The second kappa shape index (κ2) is 5.50. The molecular weight excluding hydrogens is 206 g/mol. The Hall–Kier alpha value is -1.08. The van der Waals surface area contributed by atoms with Gasteiger partial charge in [-0.1, -0.05) is 37.3 Å². The molecule has 0 aliphatic heterocycles. The van der Waals surface area contributed by atoms with Gasteiger partial charge in [0.1, 0.15) is 0 Å². The lowest BCUT2D eigenvalue weighted by atomic mass is 9.77. The highest BCUT2D eigenvalue weighted by atomic mass is 14.7. The fourth-order valence-electron chi connectivity index (χ4n) is 2.72. The quantitative estimate of drug-likeness (QED) is 0.839. The van der Waals surface area contributed by atoms with Crippen LogP contribution in [0.1, 0.15) is 43.4 Å². The molecular formula is C16H23N. The van der Waals surface area contributed by atoms with Crippen molar-refractivity contribution >= 4 is 6.08 Å². The second-order valence-corrected chi connectivity index (χ2v) is 5.19. The van der Waals surface area contributed by atoms with Gasteiger partial charge in [-0.3, -0.25) is 0 Å². The van der Waals surface area contributed by atoms with Gasteiger partial charge in [0.25, 0.3) is 0 Å². The summed E-state index contributed by atoms with van der Waals surface area (Å²) in [5.41, 5.74) is 10.1. The van der Waals surface area contributed by atoms with E-state index in [1.54, 1.807) is 0 Å². The fraction of sp³-hybridized carbons (Fsp3) is 0.500. The van der Waals surface area contributed by atoms with Crippen molar-refractivity contribution in [1.29, 1.82) is 0 Å². The van der Waals surface area contributed by atoms with Crippen LogP contribution >= 0.6 is 0 Å². The number of benzene rings is 1. The van der Waals surface area contributed by atoms with Gasteiger partial charge in [0.05, 0.1) is 0 Å². The monoisotopic (exact) mass is 229 g/mol. The van der Waals surface area contributed by atoms with E-state index in [9.17, 15) is 0 Å². The van der Waals surface area contributed by atoms with Crippen molar-refractivity contribution in [2.24, 2.45) is 11.7 Å². The van der Waals surface area contributed by atoms with E-state index >= 15 is 0 Å². The Labute approximate surface area is 105 Å². The van der Waals surface area contributed by atoms with Gasteiger partial charge < -0.3 is 5.73 Å². The molecule has 0 radical (unpaired) electrons. The number of hydrogen-bond acceptors (Lipinski definition) is 1. The van der Waals surface area contributed by atoms with Crippen LogP contribution in [0.2, 0.25) is 0 Å². The first kappa shape index (κ1) is 12.4. The SMILES string of the molecule is C/C=C/c1cc(CC2CC(N)C2)ccc1CC. The van der Waals surface area contributed by atoms with Gasteiger partial charge in [-0.25, -0.2) is 0 Å². The summed E-state index contributed by atoms with van der Waals surface area (Å²) >= 11 is 0. The smallest absolute Gasteiger partial charge is 0.00443 e. The van der Waals surface area contributed by atoms with E-state index in [1.807, 2.05) is 0 Å². The summed E-state index contributed by atoms with van der Waals surface area (Å²) in [7, 11) is 0. The highest BCUT2D eigenvalue weighted by Crippen LogP contribution is 2.29. The first-order valence-corrected chi connectivity index (χ1v) is 6.73. The van der Waals surface area contributed by atoms with Crippen LogP contribution in [-0.4, -0.2) is 6.04 Å². The summed E-state index contributed by atoms with van der Waals surface area (Å²) in [4.78, 5) is 0. The van der Waals surface area contributed by atoms with Gasteiger partial charge in [0.2, 0.25) is 0 Å². The Balaban J connectivity index is 2.10. The van der Waals surface area contributed by atoms with Gasteiger partial charge in [0.15, 0.2) is 0 Å². The molecule has 0 heterocycles. The third-order valence-corrected chi connectivity index (χ3v) is 3.73. The van der Waals surface area contributed by atoms with E-state index in [0.29, 0.717) is 6.04 Å². The van der Waals surface area contributed by atoms with Crippen LogP contribution in [0, 0.1) is 5.92 Å². The zero-order valence-corrected chi connectivity index (χ0v) is 10.9. The van der Waals surface area contributed by atoms with Crippen molar-refractivity contribution in [3.8, 4) is 0 Å². The summed E-state index contributed by atoms with van der Waals surface area (Å²) in [5.74, 6) is 0.816. The van der Waals surface area contributed by atoms with Crippen LogP contribution in [0.4, 0.5) is 0 Å². The highest BCUT2D eigenvalue weighted by Gasteiger charge is 2.25. The summed E-state index contributed by atoms with van der Waals surface area (Å²) in [5, 5.41) is 0. The van der Waals surface area contributed by atoms with Crippen molar-refractivity contribution in [3.05, 3.63) is 41.0 Å². The van der Waals surface area contributed by atoms with Crippen LogP contribution in [0.15, 0.2) is 24.3 Å². The molecule has 0 atom stereocenters. The van der Waals surface area contributed by atoms with Crippen molar-refractivity contribution in [2.75, 3.05) is 0 Å². The summed E-state index contributed by atoms with van der Waals surface area (Å²) in [6.07, 6.45) is 9.05. The normalized spacial score (nSPS) is 23.9. The Bertz CT molecular complexity index is 400. The van der Waals surface area contributed by atoms with E-state index in [-0.39, 0.29) is 0 Å². The van der Waals surface area contributed by atoms with Crippen LogP contribution in [0.5, 0.6) is 0 Å². The van der Waals surface area contributed by atoms with E-state index < -0.39 is 0 Å². The molecule has 2 N–H and O–H groups in total. The average Bonchev–Trinajstić information content (AvgIpc) is 2.28. The number of rotatable bonds is 4. The second-order valence-electron chi connectivity index (χ2n) is 5.19. The van der Waals surface area contributed by atoms with Gasteiger partial charge in [-0.05, 0) is 55.2 Å². The van der Waals surface area contributed by atoms with Crippen molar-refractivity contribution < 1.29 is 0 Å². The van der Waals surface area contributed by atoms with E-state index in [1.165, 1.54) is 36.0 Å². The zero-order valence-electron chi connectivity index (χ0n) is 10.9. The molecule has 0 bridgehead atoms. The lowest BCUT2D eigenvalue weighted by Gasteiger charge is -2.32. The molecule has 0 aromatic heterocycles. The molecule has 1 saturated carbocycles. The summed E-state index contributed by atoms with van der Waals surface area (Å²) < 4.78 is 0. The zero-order chi connectivity index (χ0) is 12.3. The van der Waals surface area contributed by atoms with E-state index in [0.717, 1.165) is 12.3 Å². The largest absolute Gasteiger partial charge is 0.328 e. The molecule has 0 saturated heterocycles. The number of aryl methyl sites for hydroxylation is 1. The molecule has 1 aromatic rings. The topological polar surface area (TPSA) is 26.0 Å². The molecule has 1 aliphatic carbocycles. The third-order valence-electron chi connectivity index (χ3n) is 3.73. The van der Waals surface area contributed by atoms with Gasteiger partial charge >= 0.3 is 0 Å². The van der Waals surface area contributed by atoms with Crippen molar-refractivity contribution in [2.45, 2.75) is 45.6 Å². The maximum Gasteiger partial charge on any atom is 0.00443 e. The van der Waals surface area contributed by atoms with Gasteiger partial charge in [0, 0.05) is 6.04 Å². The first-order valence-electron chi connectivity index (χ1n) is 6.73. The third kappa shape index (κ3) is 2.98. The number of allylic oxidation sites excluding steroid dienone is 1. The minimum Gasteiger partial charge on any atom is -0.328 e. The van der Waals surface area contributed by atoms with Crippen LogP contribution in [0.3, 0.4) is 0 Å². The molecule has 1 aliphatic rings. The predicted octanol–water partition coefficient (Wildman–Crippen LogP) is 3.56. The Morgan fingerprint density at radius 3 is 2.71 bits per heavy atom. The maximum atomic E-state index is 5.83. The molecule has 2 rings (SSSR count). The van der Waals surface area contributed by atoms with Gasteiger partial charge in [-0.2, -0.15) is 0 Å². The lowest BCUT2D eigenvalue weighted by Crippen LogP contribution is -2.37. The highest BCUT2D eigenvalue weighted by molar-refractivity contribution is 5.55. The molecule has 0 spiro atoms. The van der Waals surface area contributed by atoms with Crippen LogP contribution in [0.25, 0.3) is 6.08 Å². The summed E-state index contributed by atoms with van der Waals surface area (Å²) in [6, 6.07) is 7.38. The van der Waals surface area contributed by atoms with Crippen LogP contribution < -0.4 is 5.73 Å². The average molecular weight is 229 g/mol. The minimum absolute atomic E-state index is 0.463. The Morgan fingerprint density at radius 1 is 1.35 bits per heavy atom. The Kier molecular flexibility index (Phi) is 4.01. The number of hydrogen-bond donors (Lipinski definition) is 1. The molecule has 1 nitrogen and oxygen atoms in total. The van der Waals surface area contributed by atoms with Gasteiger partial charge in [-0.15, -0.1) is 0 Å². The molecule has 1 aromatic carbocycles. The van der Waals surface area contributed by atoms with Crippen molar-refractivity contribution in [1.82, 2.24) is 0 Å². The Morgan fingerprint density at radius 2 is 2.12 bits per heavy atom. The predicted molar refractivity (Wildman–Crippen MR) is 74.9 cm³/mol. The molecule has 1 fully saturated rings. The van der Waals surface area contributed by atoms with Crippen LogP contribution in [-0.2, 0) is 12.8 Å². The lowest BCUT2D eigenvalue weighted by molar-refractivity contribution is 0.264. The maximum absolute atomic E-state index is 5.83. The molecule has 1 heteroatoms. The molecule has 0 unspecified atom stereocenters. The molecule has 0 amide bonds. The minimum atomic E-state index is 0.463. The first-order chi connectivity index (χ1) is 8.22. The summed E-state index contributed by atoms with van der Waals surface area (Å²) in [6.45, 7) is 4.30. The van der Waals surface area contributed by atoms with Crippen molar-refractivity contribution in [3.63, 3.8) is 0 Å². The number of nitrogens with two attached hydrogens (primary N) is 1.